The molecule has 0 N–H and O–H groups in total. The van der Waals surface area contributed by atoms with Gasteiger partial charge in [0.1, 0.15) is 5.84 Å². The molecule has 1 saturated heterocycles. The van der Waals surface area contributed by atoms with E-state index in [-0.39, 0.29) is 5.92 Å². The number of hydrogen-bond donors (Lipinski definition) is 0. The van der Waals surface area contributed by atoms with E-state index >= 15 is 0 Å². The second-order valence-corrected chi connectivity index (χ2v) is 6.42. The lowest BCUT2D eigenvalue weighted by Gasteiger charge is -2.31. The minimum absolute atomic E-state index is 0.250. The fourth-order valence-corrected chi connectivity index (χ4v) is 2.62. The fraction of sp³-hybridized carbons (Fsp3) is 0.846. The van der Waals surface area contributed by atoms with Gasteiger partial charge < -0.3 is 9.64 Å². The first-order chi connectivity index (χ1) is 8.50. The van der Waals surface area contributed by atoms with E-state index in [1.54, 1.807) is 0 Å². The van der Waals surface area contributed by atoms with Crippen molar-refractivity contribution >= 4 is 23.7 Å². The van der Waals surface area contributed by atoms with E-state index in [2.05, 4.69) is 23.7 Å². The number of rotatable bonds is 3. The first-order valence-electron chi connectivity index (χ1n) is 6.58. The Morgan fingerprint density at radius 3 is 2.39 bits per heavy atom. The normalized spacial score (nSPS) is 17.4. The Morgan fingerprint density at radius 1 is 1.28 bits per heavy atom. The summed E-state index contributed by atoms with van der Waals surface area (Å²) in [7, 11) is 0. The Balaban J connectivity index is 2.62. The molecule has 1 amide bonds. The van der Waals surface area contributed by atoms with E-state index in [0.29, 0.717) is 12.5 Å². The number of hydrogen-bond acceptors (Lipinski definition) is 3. The van der Waals surface area contributed by atoms with Gasteiger partial charge in [0.05, 0.1) is 6.61 Å². The van der Waals surface area contributed by atoms with Crippen LogP contribution in [-0.2, 0) is 4.74 Å². The van der Waals surface area contributed by atoms with Gasteiger partial charge in [0.2, 0.25) is 0 Å². The van der Waals surface area contributed by atoms with Crippen molar-refractivity contribution < 1.29 is 9.53 Å². The molecule has 1 aliphatic heterocycles. The molecule has 5 heteroatoms. The summed E-state index contributed by atoms with van der Waals surface area (Å²) in [6, 6.07) is 0. The number of amidine groups is 1. The third-order valence-electron chi connectivity index (χ3n) is 2.60. The molecule has 0 bridgehead atoms. The van der Waals surface area contributed by atoms with Crippen molar-refractivity contribution in [3.8, 4) is 0 Å². The van der Waals surface area contributed by atoms with Crippen molar-refractivity contribution in [1.29, 1.82) is 0 Å². The Morgan fingerprint density at radius 2 is 1.89 bits per heavy atom. The SMILES string of the molecule is CC(C)COC(=O)/N=C(/C(C)C)N1CCSCC1. The summed E-state index contributed by atoms with van der Waals surface area (Å²) in [4.78, 5) is 18.0. The van der Waals surface area contributed by atoms with Gasteiger partial charge in [0.15, 0.2) is 0 Å². The molecule has 0 aromatic rings. The Bertz CT molecular complexity index is 297. The predicted octanol–water partition coefficient (Wildman–Crippen LogP) is 2.88. The molecule has 0 aliphatic carbocycles. The largest absolute Gasteiger partial charge is 0.448 e. The van der Waals surface area contributed by atoms with Gasteiger partial charge in [-0.15, -0.1) is 0 Å². The molecule has 0 aromatic heterocycles. The number of amides is 1. The molecule has 1 fully saturated rings. The van der Waals surface area contributed by atoms with Gasteiger partial charge >= 0.3 is 6.09 Å². The highest BCUT2D eigenvalue weighted by Crippen LogP contribution is 2.13. The monoisotopic (exact) mass is 272 g/mol. The maximum Gasteiger partial charge on any atom is 0.435 e. The zero-order chi connectivity index (χ0) is 13.5. The van der Waals surface area contributed by atoms with E-state index in [0.717, 1.165) is 30.4 Å². The molecule has 0 radical (unpaired) electrons. The van der Waals surface area contributed by atoms with Gasteiger partial charge in [0.25, 0.3) is 0 Å². The number of ether oxygens (including phenoxy) is 1. The molecule has 1 aliphatic rings. The van der Waals surface area contributed by atoms with Crippen molar-refractivity contribution in [3.05, 3.63) is 0 Å². The first-order valence-corrected chi connectivity index (χ1v) is 7.74. The van der Waals surface area contributed by atoms with Gasteiger partial charge in [-0.05, 0) is 5.92 Å². The number of aliphatic imine (C=N–C) groups is 1. The number of carbonyl (C=O) groups is 1. The number of thioether (sulfide) groups is 1. The zero-order valence-electron chi connectivity index (χ0n) is 11.8. The Labute approximate surface area is 114 Å². The quantitative estimate of drug-likeness (QED) is 0.585. The standard InChI is InChI=1S/C13H24N2O2S/c1-10(2)9-17-13(16)14-12(11(3)4)15-5-7-18-8-6-15/h10-11H,5-9H2,1-4H3/b14-12-. The molecule has 0 unspecified atom stereocenters. The first kappa shape index (κ1) is 15.3. The van der Waals surface area contributed by atoms with Crippen LogP contribution >= 0.6 is 11.8 Å². The van der Waals surface area contributed by atoms with Crippen LogP contribution in [0.5, 0.6) is 0 Å². The topological polar surface area (TPSA) is 41.9 Å². The molecule has 0 spiro atoms. The third-order valence-corrected chi connectivity index (χ3v) is 3.54. The van der Waals surface area contributed by atoms with Crippen molar-refractivity contribution in [1.82, 2.24) is 4.90 Å². The van der Waals surface area contributed by atoms with Crippen molar-refractivity contribution in [2.45, 2.75) is 27.7 Å². The highest BCUT2D eigenvalue weighted by atomic mass is 32.2. The summed E-state index contributed by atoms with van der Waals surface area (Å²) < 4.78 is 5.12. The van der Waals surface area contributed by atoms with Crippen molar-refractivity contribution in [2.75, 3.05) is 31.2 Å². The van der Waals surface area contributed by atoms with E-state index in [9.17, 15) is 4.79 Å². The van der Waals surface area contributed by atoms with Crippen LogP contribution in [0.25, 0.3) is 0 Å². The fourth-order valence-electron chi connectivity index (χ4n) is 1.72. The maximum atomic E-state index is 11.7. The molecule has 0 atom stereocenters. The van der Waals surface area contributed by atoms with Crippen LogP contribution in [-0.4, -0.2) is 48.0 Å². The molecular formula is C13H24N2O2S. The Hall–Kier alpha value is -0.710. The van der Waals surface area contributed by atoms with Gasteiger partial charge in [-0.2, -0.15) is 16.8 Å². The van der Waals surface area contributed by atoms with Gasteiger partial charge in [-0.3, -0.25) is 0 Å². The lowest BCUT2D eigenvalue weighted by atomic mass is 10.2. The van der Waals surface area contributed by atoms with Crippen molar-refractivity contribution in [2.24, 2.45) is 16.8 Å². The van der Waals surface area contributed by atoms with Gasteiger partial charge in [0, 0.05) is 30.5 Å². The molecule has 1 heterocycles. The van der Waals surface area contributed by atoms with E-state index in [4.69, 9.17) is 4.74 Å². The average molecular weight is 272 g/mol. The highest BCUT2D eigenvalue weighted by molar-refractivity contribution is 7.99. The molecule has 4 nitrogen and oxygen atoms in total. The van der Waals surface area contributed by atoms with Crippen LogP contribution in [0.1, 0.15) is 27.7 Å². The van der Waals surface area contributed by atoms with E-state index in [1.807, 2.05) is 25.6 Å². The Kier molecular flexibility index (Phi) is 6.54. The molecule has 104 valence electrons. The lowest BCUT2D eigenvalue weighted by molar-refractivity contribution is 0.143. The molecule has 0 saturated carbocycles. The van der Waals surface area contributed by atoms with Crippen molar-refractivity contribution in [3.63, 3.8) is 0 Å². The summed E-state index contributed by atoms with van der Waals surface area (Å²) >= 11 is 1.95. The third kappa shape index (κ3) is 5.29. The second kappa shape index (κ2) is 7.67. The summed E-state index contributed by atoms with van der Waals surface area (Å²) in [5.74, 6) is 3.67. The van der Waals surface area contributed by atoms with Gasteiger partial charge in [-0.1, -0.05) is 27.7 Å². The van der Waals surface area contributed by atoms with Crippen LogP contribution in [0.15, 0.2) is 4.99 Å². The van der Waals surface area contributed by atoms with Crippen LogP contribution in [0.3, 0.4) is 0 Å². The summed E-state index contributed by atoms with van der Waals surface area (Å²) in [6.45, 7) is 10.5. The minimum atomic E-state index is -0.453. The lowest BCUT2D eigenvalue weighted by Crippen LogP contribution is -2.41. The number of nitrogens with zero attached hydrogens (tertiary/aromatic N) is 2. The summed E-state index contributed by atoms with van der Waals surface area (Å²) in [6.07, 6.45) is -0.453. The van der Waals surface area contributed by atoms with Crippen LogP contribution < -0.4 is 0 Å². The second-order valence-electron chi connectivity index (χ2n) is 5.19. The minimum Gasteiger partial charge on any atom is -0.448 e. The van der Waals surface area contributed by atoms with Gasteiger partial charge in [-0.25, -0.2) is 4.79 Å². The summed E-state index contributed by atoms with van der Waals surface area (Å²) in [5.41, 5.74) is 0. The van der Waals surface area contributed by atoms with Crippen LogP contribution in [0.2, 0.25) is 0 Å². The summed E-state index contributed by atoms with van der Waals surface area (Å²) in [5, 5.41) is 0. The molecule has 18 heavy (non-hydrogen) atoms. The molecular weight excluding hydrogens is 248 g/mol. The van der Waals surface area contributed by atoms with Crippen LogP contribution in [0, 0.1) is 11.8 Å². The van der Waals surface area contributed by atoms with Crippen LogP contribution in [0.4, 0.5) is 4.79 Å². The average Bonchev–Trinajstić information content (AvgIpc) is 2.34. The smallest absolute Gasteiger partial charge is 0.435 e. The number of carbonyl (C=O) groups excluding carboxylic acids is 1. The maximum absolute atomic E-state index is 11.7. The van der Waals surface area contributed by atoms with E-state index in [1.165, 1.54) is 0 Å². The predicted molar refractivity (Wildman–Crippen MR) is 77.4 cm³/mol. The molecule has 1 rings (SSSR count). The zero-order valence-corrected chi connectivity index (χ0v) is 12.6. The molecule has 0 aromatic carbocycles. The highest BCUT2D eigenvalue weighted by Gasteiger charge is 2.19. The van der Waals surface area contributed by atoms with E-state index < -0.39 is 6.09 Å².